The summed E-state index contributed by atoms with van der Waals surface area (Å²) in [6.45, 7) is 1.30. The van der Waals surface area contributed by atoms with Crippen molar-refractivity contribution in [1.29, 1.82) is 0 Å². The molecule has 106 valence electrons. The summed E-state index contributed by atoms with van der Waals surface area (Å²) in [6.07, 6.45) is 2.15. The molecule has 2 aromatic rings. The maximum Gasteiger partial charge on any atom is 0.151 e. The van der Waals surface area contributed by atoms with Crippen LogP contribution in [0.3, 0.4) is 0 Å². The van der Waals surface area contributed by atoms with Crippen molar-refractivity contribution in [3.8, 4) is 0 Å². The SMILES string of the molecule is OC[C@@H]1C[C@@H](O)CN1c1ccn(Cc2ccccc2)n1. The van der Waals surface area contributed by atoms with Gasteiger partial charge in [0.05, 0.1) is 25.3 Å². The van der Waals surface area contributed by atoms with E-state index in [2.05, 4.69) is 17.2 Å². The monoisotopic (exact) mass is 273 g/mol. The average Bonchev–Trinajstić information content (AvgIpc) is 3.06. The van der Waals surface area contributed by atoms with Crippen molar-refractivity contribution in [2.45, 2.75) is 25.1 Å². The standard InChI is InChI=1S/C15H19N3O2/c19-11-13-8-14(20)10-18(13)15-6-7-17(16-15)9-12-4-2-1-3-5-12/h1-7,13-14,19-20H,8-11H2/t13-,14+/m0/s1. The van der Waals surface area contributed by atoms with Crippen LogP contribution in [0.1, 0.15) is 12.0 Å². The van der Waals surface area contributed by atoms with Gasteiger partial charge < -0.3 is 15.1 Å². The van der Waals surface area contributed by atoms with Crippen LogP contribution >= 0.6 is 0 Å². The van der Waals surface area contributed by atoms with Gasteiger partial charge in [0.25, 0.3) is 0 Å². The van der Waals surface area contributed by atoms with E-state index in [1.807, 2.05) is 40.0 Å². The number of aromatic nitrogens is 2. The molecule has 1 aromatic heterocycles. The molecule has 0 bridgehead atoms. The molecule has 2 atom stereocenters. The number of hydrogen-bond acceptors (Lipinski definition) is 4. The number of anilines is 1. The van der Waals surface area contributed by atoms with E-state index in [-0.39, 0.29) is 18.8 Å². The topological polar surface area (TPSA) is 61.5 Å². The Kier molecular flexibility index (Phi) is 3.71. The molecule has 0 spiro atoms. The van der Waals surface area contributed by atoms with Crippen molar-refractivity contribution in [3.05, 3.63) is 48.2 Å². The minimum Gasteiger partial charge on any atom is -0.394 e. The van der Waals surface area contributed by atoms with Gasteiger partial charge in [0.2, 0.25) is 0 Å². The average molecular weight is 273 g/mol. The number of hydrogen-bond donors (Lipinski definition) is 2. The van der Waals surface area contributed by atoms with Crippen LogP contribution in [-0.2, 0) is 6.54 Å². The lowest BCUT2D eigenvalue weighted by Gasteiger charge is -2.21. The van der Waals surface area contributed by atoms with E-state index in [0.29, 0.717) is 13.0 Å². The van der Waals surface area contributed by atoms with E-state index >= 15 is 0 Å². The minimum absolute atomic E-state index is 0.0370. The van der Waals surface area contributed by atoms with Crippen LogP contribution in [0.5, 0.6) is 0 Å². The summed E-state index contributed by atoms with van der Waals surface area (Å²) < 4.78 is 1.88. The molecule has 1 aromatic carbocycles. The van der Waals surface area contributed by atoms with Crippen molar-refractivity contribution in [2.24, 2.45) is 0 Å². The molecule has 1 fully saturated rings. The zero-order chi connectivity index (χ0) is 13.9. The van der Waals surface area contributed by atoms with Crippen LogP contribution in [-0.4, -0.2) is 45.3 Å². The summed E-state index contributed by atoms with van der Waals surface area (Å²) in [7, 11) is 0. The van der Waals surface area contributed by atoms with E-state index in [4.69, 9.17) is 0 Å². The molecule has 0 saturated carbocycles. The van der Waals surface area contributed by atoms with Crippen molar-refractivity contribution < 1.29 is 10.2 Å². The van der Waals surface area contributed by atoms with Gasteiger partial charge in [-0.3, -0.25) is 4.68 Å². The lowest BCUT2D eigenvalue weighted by Crippen LogP contribution is -2.32. The molecule has 0 amide bonds. The van der Waals surface area contributed by atoms with Crippen LogP contribution < -0.4 is 4.90 Å². The van der Waals surface area contributed by atoms with Gasteiger partial charge in [0.1, 0.15) is 0 Å². The molecule has 0 unspecified atom stereocenters. The number of aliphatic hydroxyl groups is 2. The molecule has 20 heavy (non-hydrogen) atoms. The van der Waals surface area contributed by atoms with Gasteiger partial charge in [0, 0.05) is 18.8 Å². The predicted molar refractivity (Wildman–Crippen MR) is 76.6 cm³/mol. The largest absolute Gasteiger partial charge is 0.394 e. The summed E-state index contributed by atoms with van der Waals surface area (Å²) in [5, 5.41) is 23.6. The molecule has 1 aliphatic heterocycles. The van der Waals surface area contributed by atoms with E-state index in [9.17, 15) is 10.2 Å². The number of rotatable bonds is 4. The fourth-order valence-electron chi connectivity index (χ4n) is 2.71. The molecule has 1 aliphatic rings. The number of β-amino-alcohol motifs (C(OH)–C–C–N with tert-alkyl or cyclic N) is 1. The molecule has 1 saturated heterocycles. The molecular formula is C15H19N3O2. The Morgan fingerprint density at radius 2 is 2.00 bits per heavy atom. The summed E-state index contributed by atoms with van der Waals surface area (Å²) >= 11 is 0. The first kappa shape index (κ1) is 13.1. The Morgan fingerprint density at radius 3 is 2.75 bits per heavy atom. The molecule has 0 radical (unpaired) electrons. The second kappa shape index (κ2) is 5.64. The highest BCUT2D eigenvalue weighted by atomic mass is 16.3. The highest BCUT2D eigenvalue weighted by Gasteiger charge is 2.31. The zero-order valence-corrected chi connectivity index (χ0v) is 11.3. The molecule has 3 rings (SSSR count). The highest BCUT2D eigenvalue weighted by molar-refractivity contribution is 5.40. The van der Waals surface area contributed by atoms with E-state index < -0.39 is 0 Å². The quantitative estimate of drug-likeness (QED) is 0.867. The Hall–Kier alpha value is -1.85. The van der Waals surface area contributed by atoms with Crippen molar-refractivity contribution in [2.75, 3.05) is 18.1 Å². The van der Waals surface area contributed by atoms with Gasteiger partial charge in [-0.25, -0.2) is 0 Å². The first-order chi connectivity index (χ1) is 9.76. The molecule has 0 aliphatic carbocycles. The van der Waals surface area contributed by atoms with Gasteiger partial charge in [-0.2, -0.15) is 5.10 Å². The van der Waals surface area contributed by atoms with E-state index in [1.165, 1.54) is 5.56 Å². The predicted octanol–water partition coefficient (Wildman–Crippen LogP) is 0.863. The van der Waals surface area contributed by atoms with Crippen molar-refractivity contribution >= 4 is 5.82 Å². The van der Waals surface area contributed by atoms with Crippen LogP contribution in [0.4, 0.5) is 5.82 Å². The van der Waals surface area contributed by atoms with Crippen molar-refractivity contribution in [3.63, 3.8) is 0 Å². The summed E-state index contributed by atoms with van der Waals surface area (Å²) in [5.74, 6) is 0.816. The molecular weight excluding hydrogens is 254 g/mol. The van der Waals surface area contributed by atoms with Crippen LogP contribution in [0.15, 0.2) is 42.6 Å². The molecule has 5 heteroatoms. The third-order valence-corrected chi connectivity index (χ3v) is 3.71. The normalized spacial score (nSPS) is 22.4. The third kappa shape index (κ3) is 2.69. The Labute approximate surface area is 118 Å². The van der Waals surface area contributed by atoms with Gasteiger partial charge in [0.15, 0.2) is 5.82 Å². The van der Waals surface area contributed by atoms with Gasteiger partial charge in [-0.1, -0.05) is 30.3 Å². The third-order valence-electron chi connectivity index (χ3n) is 3.71. The highest BCUT2D eigenvalue weighted by Crippen LogP contribution is 2.24. The maximum atomic E-state index is 9.72. The Bertz CT molecular complexity index is 555. The zero-order valence-electron chi connectivity index (χ0n) is 11.3. The van der Waals surface area contributed by atoms with Crippen LogP contribution in [0, 0.1) is 0 Å². The van der Waals surface area contributed by atoms with Gasteiger partial charge in [-0.15, -0.1) is 0 Å². The Balaban J connectivity index is 1.73. The molecule has 2 N–H and O–H groups in total. The lowest BCUT2D eigenvalue weighted by molar-refractivity contribution is 0.184. The smallest absolute Gasteiger partial charge is 0.151 e. The molecule has 5 nitrogen and oxygen atoms in total. The fourth-order valence-corrected chi connectivity index (χ4v) is 2.71. The molecule has 2 heterocycles. The maximum absolute atomic E-state index is 9.72. The minimum atomic E-state index is -0.383. The first-order valence-electron chi connectivity index (χ1n) is 6.89. The fraction of sp³-hybridized carbons (Fsp3) is 0.400. The van der Waals surface area contributed by atoms with Crippen LogP contribution in [0.2, 0.25) is 0 Å². The summed E-state index contributed by atoms with van der Waals surface area (Å²) in [6, 6.07) is 12.1. The number of benzene rings is 1. The van der Waals surface area contributed by atoms with Crippen LogP contribution in [0.25, 0.3) is 0 Å². The summed E-state index contributed by atoms with van der Waals surface area (Å²) in [5.41, 5.74) is 1.20. The van der Waals surface area contributed by atoms with Crippen molar-refractivity contribution in [1.82, 2.24) is 9.78 Å². The van der Waals surface area contributed by atoms with E-state index in [1.54, 1.807) is 0 Å². The Morgan fingerprint density at radius 1 is 1.20 bits per heavy atom. The van der Waals surface area contributed by atoms with Gasteiger partial charge >= 0.3 is 0 Å². The number of nitrogens with zero attached hydrogens (tertiary/aromatic N) is 3. The second-order valence-electron chi connectivity index (χ2n) is 5.24. The summed E-state index contributed by atoms with van der Waals surface area (Å²) in [4.78, 5) is 1.98. The van der Waals surface area contributed by atoms with E-state index in [0.717, 1.165) is 12.4 Å². The number of aliphatic hydroxyl groups excluding tert-OH is 2. The van der Waals surface area contributed by atoms with Gasteiger partial charge in [-0.05, 0) is 12.0 Å². The first-order valence-corrected chi connectivity index (χ1v) is 6.89. The second-order valence-corrected chi connectivity index (χ2v) is 5.24. The lowest BCUT2D eigenvalue weighted by atomic mass is 10.2.